The van der Waals surface area contributed by atoms with E-state index in [-0.39, 0.29) is 0 Å². The van der Waals surface area contributed by atoms with E-state index < -0.39 is 5.97 Å². The first kappa shape index (κ1) is 19.4. The highest BCUT2D eigenvalue weighted by molar-refractivity contribution is 6.33. The van der Waals surface area contributed by atoms with Gasteiger partial charge in [0.15, 0.2) is 0 Å². The van der Waals surface area contributed by atoms with Crippen LogP contribution in [0.2, 0.25) is 5.02 Å². The van der Waals surface area contributed by atoms with Crippen molar-refractivity contribution in [1.82, 2.24) is 14.9 Å². The summed E-state index contributed by atoms with van der Waals surface area (Å²) in [5.41, 5.74) is 2.14. The van der Waals surface area contributed by atoms with E-state index in [9.17, 15) is 4.79 Å². The molecule has 0 amide bonds. The first-order valence-corrected chi connectivity index (χ1v) is 9.42. The van der Waals surface area contributed by atoms with Crippen LogP contribution >= 0.6 is 11.6 Å². The molecule has 1 aromatic carbocycles. The third-order valence-corrected chi connectivity index (χ3v) is 4.83. The van der Waals surface area contributed by atoms with Gasteiger partial charge in [-0.3, -0.25) is 4.90 Å². The van der Waals surface area contributed by atoms with Crippen LogP contribution in [-0.4, -0.2) is 60.7 Å². The highest BCUT2D eigenvalue weighted by Gasteiger charge is 2.18. The molecule has 3 rings (SSSR count). The van der Waals surface area contributed by atoms with E-state index in [0.29, 0.717) is 16.5 Å². The fraction of sp³-hybridized carbons (Fsp3) is 0.421. The summed E-state index contributed by atoms with van der Waals surface area (Å²) in [5.74, 6) is -0.0763. The molecule has 144 valence electrons. The van der Waals surface area contributed by atoms with Crippen molar-refractivity contribution in [3.63, 3.8) is 0 Å². The van der Waals surface area contributed by atoms with Crippen LogP contribution in [0, 0.1) is 0 Å². The van der Waals surface area contributed by atoms with Crippen molar-refractivity contribution in [3.05, 3.63) is 41.2 Å². The van der Waals surface area contributed by atoms with Gasteiger partial charge in [0.05, 0.1) is 23.4 Å². The topological polar surface area (TPSA) is 70.6 Å². The van der Waals surface area contributed by atoms with Gasteiger partial charge in [-0.2, -0.15) is 0 Å². The molecular formula is C19H24ClN5O2. The van der Waals surface area contributed by atoms with Gasteiger partial charge >= 0.3 is 5.97 Å². The number of ether oxygens (including phenoxy) is 1. The molecule has 1 aliphatic rings. The Labute approximate surface area is 164 Å². The number of rotatable bonds is 6. The number of methoxy groups -OCH3 is 1. The highest BCUT2D eigenvalue weighted by Crippen LogP contribution is 2.30. The number of nitrogens with one attached hydrogen (secondary N) is 1. The van der Waals surface area contributed by atoms with Crippen molar-refractivity contribution >= 4 is 34.9 Å². The molecule has 2 aromatic rings. The minimum atomic E-state index is -0.465. The molecule has 1 N–H and O–H groups in total. The lowest BCUT2D eigenvalue weighted by molar-refractivity contribution is 0.0600. The number of anilines is 3. The fourth-order valence-electron chi connectivity index (χ4n) is 3.11. The van der Waals surface area contributed by atoms with E-state index in [0.717, 1.165) is 44.1 Å². The minimum Gasteiger partial charge on any atom is -0.465 e. The number of halogens is 1. The van der Waals surface area contributed by atoms with E-state index >= 15 is 0 Å². The number of aromatic nitrogens is 2. The molecule has 1 aromatic heterocycles. The maximum absolute atomic E-state index is 11.4. The highest BCUT2D eigenvalue weighted by atomic mass is 35.5. The summed E-state index contributed by atoms with van der Waals surface area (Å²) in [4.78, 5) is 24.5. The van der Waals surface area contributed by atoms with E-state index in [2.05, 4.69) is 36.7 Å². The van der Waals surface area contributed by atoms with Crippen LogP contribution in [0.15, 0.2) is 30.6 Å². The van der Waals surface area contributed by atoms with Gasteiger partial charge in [0, 0.05) is 44.3 Å². The van der Waals surface area contributed by atoms with Crippen molar-refractivity contribution in [2.45, 2.75) is 13.3 Å². The molecule has 7 nitrogen and oxygen atoms in total. The van der Waals surface area contributed by atoms with Gasteiger partial charge in [-0.1, -0.05) is 18.5 Å². The van der Waals surface area contributed by atoms with Crippen molar-refractivity contribution in [2.24, 2.45) is 0 Å². The Hall–Kier alpha value is -2.38. The average Bonchev–Trinajstić information content (AvgIpc) is 2.69. The van der Waals surface area contributed by atoms with Crippen LogP contribution in [0.3, 0.4) is 0 Å². The predicted molar refractivity (Wildman–Crippen MR) is 107 cm³/mol. The molecule has 0 unspecified atom stereocenters. The summed E-state index contributed by atoms with van der Waals surface area (Å²) in [7, 11) is 1.32. The summed E-state index contributed by atoms with van der Waals surface area (Å²) in [6.07, 6.45) is 4.03. The Bertz CT molecular complexity index is 776. The lowest BCUT2D eigenvalue weighted by Gasteiger charge is -2.36. The van der Waals surface area contributed by atoms with Crippen molar-refractivity contribution in [1.29, 1.82) is 0 Å². The Morgan fingerprint density at radius 2 is 1.93 bits per heavy atom. The minimum absolute atomic E-state index is 0.304. The monoisotopic (exact) mass is 389 g/mol. The normalized spacial score (nSPS) is 14.9. The average molecular weight is 390 g/mol. The third-order valence-electron chi connectivity index (χ3n) is 4.53. The molecule has 1 aliphatic heterocycles. The van der Waals surface area contributed by atoms with E-state index in [1.54, 1.807) is 0 Å². The summed E-state index contributed by atoms with van der Waals surface area (Å²) in [6, 6.07) is 5.84. The zero-order valence-electron chi connectivity index (χ0n) is 15.6. The summed E-state index contributed by atoms with van der Waals surface area (Å²) < 4.78 is 4.64. The molecular weight excluding hydrogens is 366 g/mol. The number of benzene rings is 1. The van der Waals surface area contributed by atoms with Gasteiger partial charge in [-0.05, 0) is 31.2 Å². The van der Waals surface area contributed by atoms with Gasteiger partial charge in [0.1, 0.15) is 0 Å². The van der Waals surface area contributed by atoms with E-state index in [1.165, 1.54) is 25.9 Å². The molecule has 1 fully saturated rings. The predicted octanol–water partition coefficient (Wildman–Crippen LogP) is 3.19. The Morgan fingerprint density at radius 1 is 1.22 bits per heavy atom. The van der Waals surface area contributed by atoms with Crippen molar-refractivity contribution in [2.75, 3.05) is 50.1 Å². The molecule has 0 aliphatic carbocycles. The van der Waals surface area contributed by atoms with E-state index in [1.807, 2.05) is 18.2 Å². The van der Waals surface area contributed by atoms with Gasteiger partial charge in [0.2, 0.25) is 5.95 Å². The van der Waals surface area contributed by atoms with Gasteiger partial charge < -0.3 is 15.0 Å². The van der Waals surface area contributed by atoms with Gasteiger partial charge in [-0.15, -0.1) is 0 Å². The SMILES string of the molecule is CCCN1CCN(c2ccc(Nc3ncc(C(=O)OC)cn3)cc2Cl)CC1. The second kappa shape index (κ2) is 9.01. The number of carbonyl (C=O) groups excluding carboxylic acids is 1. The Balaban J connectivity index is 1.64. The molecule has 8 heteroatoms. The van der Waals surface area contributed by atoms with Crippen LogP contribution in [0.1, 0.15) is 23.7 Å². The zero-order valence-corrected chi connectivity index (χ0v) is 16.4. The molecule has 0 saturated carbocycles. The number of hydrogen-bond acceptors (Lipinski definition) is 7. The summed E-state index contributed by atoms with van der Waals surface area (Å²) in [5, 5.41) is 3.79. The lowest BCUT2D eigenvalue weighted by atomic mass is 10.2. The zero-order chi connectivity index (χ0) is 19.2. The maximum Gasteiger partial charge on any atom is 0.341 e. The van der Waals surface area contributed by atoms with Crippen molar-refractivity contribution < 1.29 is 9.53 Å². The van der Waals surface area contributed by atoms with Crippen LogP contribution in [0.5, 0.6) is 0 Å². The van der Waals surface area contributed by atoms with Crippen LogP contribution < -0.4 is 10.2 Å². The maximum atomic E-state index is 11.4. The number of esters is 1. The fourth-order valence-corrected chi connectivity index (χ4v) is 3.41. The van der Waals surface area contributed by atoms with Gasteiger partial charge in [-0.25, -0.2) is 14.8 Å². The second-order valence-electron chi connectivity index (χ2n) is 6.41. The summed E-state index contributed by atoms with van der Waals surface area (Å²) in [6.45, 7) is 7.44. The Morgan fingerprint density at radius 3 is 2.52 bits per heavy atom. The Kier molecular flexibility index (Phi) is 6.47. The van der Waals surface area contributed by atoms with Crippen LogP contribution in [0.25, 0.3) is 0 Å². The standard InChI is InChI=1S/C19H24ClN5O2/c1-3-6-24-7-9-25(10-8-24)17-5-4-15(11-16(17)20)23-19-21-12-14(13-22-19)18(26)27-2/h4-5,11-13H,3,6-10H2,1-2H3,(H,21,22,23). The first-order valence-electron chi connectivity index (χ1n) is 9.05. The molecule has 0 spiro atoms. The van der Waals surface area contributed by atoms with Crippen LogP contribution in [-0.2, 0) is 4.74 Å². The smallest absolute Gasteiger partial charge is 0.341 e. The molecule has 27 heavy (non-hydrogen) atoms. The summed E-state index contributed by atoms with van der Waals surface area (Å²) >= 11 is 6.51. The lowest BCUT2D eigenvalue weighted by Crippen LogP contribution is -2.46. The van der Waals surface area contributed by atoms with Crippen molar-refractivity contribution in [3.8, 4) is 0 Å². The molecule has 0 bridgehead atoms. The number of nitrogens with zero attached hydrogens (tertiary/aromatic N) is 4. The van der Waals surface area contributed by atoms with Crippen LogP contribution in [0.4, 0.5) is 17.3 Å². The largest absolute Gasteiger partial charge is 0.465 e. The van der Waals surface area contributed by atoms with Gasteiger partial charge in [0.25, 0.3) is 0 Å². The third kappa shape index (κ3) is 4.87. The quantitative estimate of drug-likeness (QED) is 0.760. The second-order valence-corrected chi connectivity index (χ2v) is 6.81. The first-order chi connectivity index (χ1) is 13.1. The molecule has 2 heterocycles. The van der Waals surface area contributed by atoms with E-state index in [4.69, 9.17) is 11.6 Å². The molecule has 1 saturated heterocycles. The number of carbonyl (C=O) groups is 1. The molecule has 0 atom stereocenters. The molecule has 0 radical (unpaired) electrons. The number of hydrogen-bond donors (Lipinski definition) is 1. The number of piperazine rings is 1.